The number of aliphatic carboxylic acids is 1. The predicted molar refractivity (Wildman–Crippen MR) is 65.2 cm³/mol. The Balaban J connectivity index is 3.01. The summed E-state index contributed by atoms with van der Waals surface area (Å²) >= 11 is 5.70. The first kappa shape index (κ1) is 14.4. The van der Waals surface area contributed by atoms with Crippen LogP contribution >= 0.6 is 11.6 Å². The Bertz CT molecular complexity index is 465. The van der Waals surface area contributed by atoms with Crippen molar-refractivity contribution in [3.8, 4) is 0 Å². The number of carboxylic acid groups (broad SMARTS) is 1. The van der Waals surface area contributed by atoms with E-state index < -0.39 is 24.2 Å². The van der Waals surface area contributed by atoms with E-state index in [2.05, 4.69) is 0 Å². The molecule has 6 heteroatoms. The number of benzene rings is 1. The number of hydrogen-bond donors (Lipinski definition) is 1. The Morgan fingerprint density at radius 1 is 1.44 bits per heavy atom. The van der Waals surface area contributed by atoms with Crippen LogP contribution in [0.2, 0.25) is 5.02 Å². The van der Waals surface area contributed by atoms with Crippen molar-refractivity contribution in [3.05, 3.63) is 34.6 Å². The average molecular weight is 274 g/mol. The van der Waals surface area contributed by atoms with E-state index in [1.165, 1.54) is 12.1 Å². The second-order valence-corrected chi connectivity index (χ2v) is 4.10. The Morgan fingerprint density at radius 2 is 2.11 bits per heavy atom. The summed E-state index contributed by atoms with van der Waals surface area (Å²) in [7, 11) is 0. The van der Waals surface area contributed by atoms with Crippen LogP contribution in [0.15, 0.2) is 18.2 Å². The molecule has 0 bridgehead atoms. The van der Waals surface area contributed by atoms with Gasteiger partial charge >= 0.3 is 5.97 Å². The molecule has 0 heterocycles. The van der Waals surface area contributed by atoms with Gasteiger partial charge in [-0.3, -0.25) is 9.59 Å². The number of nitrogens with zero attached hydrogens (tertiary/aromatic N) is 1. The third kappa shape index (κ3) is 3.43. The van der Waals surface area contributed by atoms with Crippen molar-refractivity contribution in [3.63, 3.8) is 0 Å². The van der Waals surface area contributed by atoms with Crippen molar-refractivity contribution in [1.82, 2.24) is 4.90 Å². The van der Waals surface area contributed by atoms with Crippen LogP contribution in [0.5, 0.6) is 0 Å². The van der Waals surface area contributed by atoms with Gasteiger partial charge in [0.25, 0.3) is 5.91 Å². The molecule has 4 nitrogen and oxygen atoms in total. The first-order chi connectivity index (χ1) is 8.47. The van der Waals surface area contributed by atoms with E-state index in [0.717, 1.165) is 11.0 Å². The van der Waals surface area contributed by atoms with Crippen LogP contribution in [-0.2, 0) is 4.79 Å². The summed E-state index contributed by atoms with van der Waals surface area (Å²) in [6.45, 7) is 1.66. The second-order valence-electron chi connectivity index (χ2n) is 3.72. The molecule has 98 valence electrons. The van der Waals surface area contributed by atoms with Crippen LogP contribution in [0.25, 0.3) is 0 Å². The average Bonchev–Trinajstić information content (AvgIpc) is 2.31. The van der Waals surface area contributed by atoms with Crippen molar-refractivity contribution in [1.29, 1.82) is 0 Å². The summed E-state index contributed by atoms with van der Waals surface area (Å²) < 4.78 is 13.2. The van der Waals surface area contributed by atoms with E-state index in [4.69, 9.17) is 16.7 Å². The highest BCUT2D eigenvalue weighted by Gasteiger charge is 2.21. The fraction of sp³-hybridized carbons (Fsp3) is 0.333. The predicted octanol–water partition coefficient (Wildman–Crippen LogP) is 2.42. The normalized spacial score (nSPS) is 10.2. The van der Waals surface area contributed by atoms with Gasteiger partial charge in [-0.25, -0.2) is 4.39 Å². The Morgan fingerprint density at radius 3 is 2.67 bits per heavy atom. The molecule has 0 radical (unpaired) electrons. The smallest absolute Gasteiger partial charge is 0.323 e. The quantitative estimate of drug-likeness (QED) is 0.896. The van der Waals surface area contributed by atoms with Gasteiger partial charge in [-0.15, -0.1) is 0 Å². The zero-order valence-electron chi connectivity index (χ0n) is 9.82. The molecule has 0 unspecified atom stereocenters. The molecular weight excluding hydrogens is 261 g/mol. The summed E-state index contributed by atoms with van der Waals surface area (Å²) in [4.78, 5) is 23.9. The lowest BCUT2D eigenvalue weighted by atomic mass is 10.2. The van der Waals surface area contributed by atoms with Gasteiger partial charge in [-0.1, -0.05) is 24.6 Å². The van der Waals surface area contributed by atoms with Crippen LogP contribution < -0.4 is 0 Å². The molecule has 1 amide bonds. The highest BCUT2D eigenvalue weighted by molar-refractivity contribution is 6.34. The highest BCUT2D eigenvalue weighted by Crippen LogP contribution is 2.21. The van der Waals surface area contributed by atoms with Crippen LogP contribution in [0.1, 0.15) is 23.7 Å². The van der Waals surface area contributed by atoms with E-state index >= 15 is 0 Å². The number of amides is 1. The monoisotopic (exact) mass is 273 g/mol. The van der Waals surface area contributed by atoms with E-state index in [1.54, 1.807) is 0 Å². The number of carboxylic acids is 1. The van der Waals surface area contributed by atoms with E-state index in [1.807, 2.05) is 6.92 Å². The topological polar surface area (TPSA) is 57.6 Å². The maximum Gasteiger partial charge on any atom is 0.323 e. The number of carbonyl (C=O) groups excluding carboxylic acids is 1. The van der Waals surface area contributed by atoms with Crippen molar-refractivity contribution >= 4 is 23.5 Å². The SMILES string of the molecule is CCCN(CC(=O)O)C(=O)c1cccc(F)c1Cl. The maximum atomic E-state index is 13.2. The van der Waals surface area contributed by atoms with Crippen LogP contribution in [0, 0.1) is 5.82 Å². The lowest BCUT2D eigenvalue weighted by molar-refractivity contribution is -0.137. The van der Waals surface area contributed by atoms with Gasteiger partial charge in [-0.2, -0.15) is 0 Å². The Labute approximate surface area is 109 Å². The Kier molecular flexibility index (Phi) is 5.09. The van der Waals surface area contributed by atoms with Gasteiger partial charge in [0.15, 0.2) is 0 Å². The third-order valence-electron chi connectivity index (χ3n) is 2.29. The molecule has 0 saturated carbocycles. The summed E-state index contributed by atoms with van der Waals surface area (Å²) in [5, 5.41) is 8.45. The lowest BCUT2D eigenvalue weighted by Gasteiger charge is -2.20. The molecule has 0 aliphatic rings. The second kappa shape index (κ2) is 6.35. The minimum Gasteiger partial charge on any atom is -0.480 e. The molecule has 1 rings (SSSR count). The zero-order valence-corrected chi connectivity index (χ0v) is 10.6. The van der Waals surface area contributed by atoms with Gasteiger partial charge in [-0.05, 0) is 18.6 Å². The van der Waals surface area contributed by atoms with Gasteiger partial charge in [0.1, 0.15) is 12.4 Å². The highest BCUT2D eigenvalue weighted by atomic mass is 35.5. The molecule has 0 spiro atoms. The Hall–Kier alpha value is -1.62. The first-order valence-corrected chi connectivity index (χ1v) is 5.80. The van der Waals surface area contributed by atoms with Gasteiger partial charge in [0.05, 0.1) is 10.6 Å². The fourth-order valence-electron chi connectivity index (χ4n) is 1.52. The molecule has 0 fully saturated rings. The van der Waals surface area contributed by atoms with Gasteiger partial charge in [0, 0.05) is 6.54 Å². The summed E-state index contributed by atoms with van der Waals surface area (Å²) in [6, 6.07) is 3.87. The van der Waals surface area contributed by atoms with Crippen molar-refractivity contribution in [2.24, 2.45) is 0 Å². The fourth-order valence-corrected chi connectivity index (χ4v) is 1.73. The van der Waals surface area contributed by atoms with E-state index in [9.17, 15) is 14.0 Å². The zero-order chi connectivity index (χ0) is 13.7. The number of halogens is 2. The minimum absolute atomic E-state index is 0.0219. The standard InChI is InChI=1S/C12H13ClFNO3/c1-2-6-15(7-10(16)17)12(18)8-4-3-5-9(14)11(8)13/h3-5H,2,6-7H2,1H3,(H,16,17). The van der Waals surface area contributed by atoms with Crippen LogP contribution in [0.3, 0.4) is 0 Å². The molecular formula is C12H13ClFNO3. The summed E-state index contributed by atoms with van der Waals surface area (Å²) in [5.41, 5.74) is -0.0219. The number of hydrogen-bond acceptors (Lipinski definition) is 2. The largest absolute Gasteiger partial charge is 0.480 e. The van der Waals surface area contributed by atoms with Crippen molar-refractivity contribution in [2.75, 3.05) is 13.1 Å². The third-order valence-corrected chi connectivity index (χ3v) is 2.67. The molecule has 1 aromatic rings. The summed E-state index contributed by atoms with van der Waals surface area (Å²) in [6.07, 6.45) is 0.603. The van der Waals surface area contributed by atoms with Crippen molar-refractivity contribution < 1.29 is 19.1 Å². The lowest BCUT2D eigenvalue weighted by Crippen LogP contribution is -2.36. The first-order valence-electron chi connectivity index (χ1n) is 5.42. The molecule has 0 aliphatic heterocycles. The maximum absolute atomic E-state index is 13.2. The molecule has 18 heavy (non-hydrogen) atoms. The van der Waals surface area contributed by atoms with Crippen LogP contribution in [0.4, 0.5) is 4.39 Å². The van der Waals surface area contributed by atoms with Gasteiger partial charge in [0.2, 0.25) is 0 Å². The molecule has 0 aromatic heterocycles. The van der Waals surface area contributed by atoms with Crippen LogP contribution in [-0.4, -0.2) is 35.0 Å². The molecule has 0 saturated heterocycles. The number of rotatable bonds is 5. The number of carbonyl (C=O) groups is 2. The van der Waals surface area contributed by atoms with E-state index in [-0.39, 0.29) is 17.1 Å². The molecule has 0 atom stereocenters. The molecule has 1 N–H and O–H groups in total. The molecule has 0 aliphatic carbocycles. The minimum atomic E-state index is -1.12. The van der Waals surface area contributed by atoms with Gasteiger partial charge < -0.3 is 10.0 Å². The van der Waals surface area contributed by atoms with Crippen molar-refractivity contribution in [2.45, 2.75) is 13.3 Å². The summed E-state index contributed by atoms with van der Waals surface area (Å²) in [5.74, 6) is -2.40. The van der Waals surface area contributed by atoms with E-state index in [0.29, 0.717) is 6.42 Å². The molecule has 1 aromatic carbocycles.